The highest BCUT2D eigenvalue weighted by atomic mass is 19.1. The van der Waals surface area contributed by atoms with Crippen LogP contribution in [0.5, 0.6) is 17.2 Å². The number of ether oxygens (including phenoxy) is 3. The molecule has 3 aromatic rings. The molecular formula is C22H22FN3O5. The lowest BCUT2D eigenvalue weighted by molar-refractivity contribution is 0.0787. The van der Waals surface area contributed by atoms with Gasteiger partial charge in [-0.1, -0.05) is 5.16 Å². The average Bonchev–Trinajstić information content (AvgIpc) is 3.47. The molecule has 4 rings (SSSR count). The van der Waals surface area contributed by atoms with E-state index in [0.29, 0.717) is 47.6 Å². The molecule has 1 aromatic heterocycles. The minimum atomic E-state index is -0.333. The van der Waals surface area contributed by atoms with Crippen molar-refractivity contribution in [2.24, 2.45) is 0 Å². The van der Waals surface area contributed by atoms with Gasteiger partial charge in [-0.25, -0.2) is 4.39 Å². The fourth-order valence-corrected chi connectivity index (χ4v) is 3.47. The van der Waals surface area contributed by atoms with Crippen LogP contribution in [0.4, 0.5) is 4.39 Å². The summed E-state index contributed by atoms with van der Waals surface area (Å²) in [5, 5.41) is 4.04. The number of carbonyl (C=O) groups is 1. The highest BCUT2D eigenvalue weighted by Crippen LogP contribution is 2.30. The van der Waals surface area contributed by atoms with Crippen LogP contribution in [0.2, 0.25) is 0 Å². The van der Waals surface area contributed by atoms with E-state index in [-0.39, 0.29) is 24.2 Å². The summed E-state index contributed by atoms with van der Waals surface area (Å²) in [6.45, 7) is 1.14. The number of methoxy groups -OCH3 is 2. The molecule has 0 N–H and O–H groups in total. The molecule has 1 atom stereocenters. The number of carbonyl (C=O) groups excluding carboxylic acids is 1. The monoisotopic (exact) mass is 427 g/mol. The third-order valence-corrected chi connectivity index (χ3v) is 5.14. The molecule has 0 aliphatic carbocycles. The molecule has 9 heteroatoms. The molecule has 8 nitrogen and oxygen atoms in total. The summed E-state index contributed by atoms with van der Waals surface area (Å²) in [6, 6.07) is 10.8. The van der Waals surface area contributed by atoms with Crippen molar-refractivity contribution in [1.29, 1.82) is 0 Å². The van der Waals surface area contributed by atoms with Crippen LogP contribution in [0.3, 0.4) is 0 Å². The molecule has 2 heterocycles. The third-order valence-electron chi connectivity index (χ3n) is 5.14. The molecule has 31 heavy (non-hydrogen) atoms. The Labute approximate surface area is 178 Å². The molecular weight excluding hydrogens is 405 g/mol. The van der Waals surface area contributed by atoms with Crippen LogP contribution in [-0.2, 0) is 6.61 Å². The lowest BCUT2D eigenvalue weighted by Crippen LogP contribution is -2.29. The van der Waals surface area contributed by atoms with Gasteiger partial charge in [0.2, 0.25) is 0 Å². The first-order chi connectivity index (χ1) is 15.1. The predicted octanol–water partition coefficient (Wildman–Crippen LogP) is 3.43. The van der Waals surface area contributed by atoms with Crippen molar-refractivity contribution in [2.75, 3.05) is 27.3 Å². The molecule has 1 unspecified atom stereocenters. The Bertz CT molecular complexity index is 1050. The summed E-state index contributed by atoms with van der Waals surface area (Å²) in [4.78, 5) is 19.1. The lowest BCUT2D eigenvalue weighted by Gasteiger charge is -2.18. The van der Waals surface area contributed by atoms with Crippen molar-refractivity contribution in [3.8, 4) is 17.2 Å². The molecule has 1 aliphatic rings. The van der Waals surface area contributed by atoms with E-state index in [1.165, 1.54) is 31.4 Å². The van der Waals surface area contributed by atoms with Gasteiger partial charge < -0.3 is 23.6 Å². The van der Waals surface area contributed by atoms with E-state index in [4.69, 9.17) is 18.7 Å². The zero-order chi connectivity index (χ0) is 21.8. The van der Waals surface area contributed by atoms with Crippen LogP contribution in [0.1, 0.15) is 34.4 Å². The van der Waals surface area contributed by atoms with Crippen molar-refractivity contribution in [2.45, 2.75) is 18.9 Å². The van der Waals surface area contributed by atoms with E-state index >= 15 is 0 Å². The standard InChI is InChI=1S/C22H22FN3O5/c1-28-17-7-8-18(19(11-17)29-2)22(27)26-10-9-14(12-26)21-24-20(31-25-21)13-30-16-5-3-15(23)4-6-16/h3-8,11,14H,9-10,12-13H2,1-2H3. The number of nitrogens with zero attached hydrogens (tertiary/aromatic N) is 3. The van der Waals surface area contributed by atoms with Crippen molar-refractivity contribution in [3.05, 3.63) is 65.6 Å². The Morgan fingerprint density at radius 2 is 1.94 bits per heavy atom. The SMILES string of the molecule is COc1ccc(C(=O)N2CCC(c3noc(COc4ccc(F)cc4)n3)C2)c(OC)c1. The van der Waals surface area contributed by atoms with Crippen LogP contribution in [0.15, 0.2) is 47.0 Å². The zero-order valence-electron chi connectivity index (χ0n) is 17.2. The van der Waals surface area contributed by atoms with Crippen LogP contribution in [0.25, 0.3) is 0 Å². The van der Waals surface area contributed by atoms with Crippen molar-refractivity contribution in [1.82, 2.24) is 15.0 Å². The van der Waals surface area contributed by atoms with Gasteiger partial charge in [0.25, 0.3) is 11.8 Å². The Morgan fingerprint density at radius 3 is 2.68 bits per heavy atom. The average molecular weight is 427 g/mol. The summed E-state index contributed by atoms with van der Waals surface area (Å²) in [6.07, 6.45) is 0.724. The number of aromatic nitrogens is 2. The van der Waals surface area contributed by atoms with Crippen molar-refractivity contribution in [3.63, 3.8) is 0 Å². The Morgan fingerprint density at radius 1 is 1.16 bits per heavy atom. The maximum atomic E-state index is 13.0. The van der Waals surface area contributed by atoms with Crippen molar-refractivity contribution >= 4 is 5.91 Å². The Hall–Kier alpha value is -3.62. The van der Waals surface area contributed by atoms with E-state index in [0.717, 1.165) is 6.42 Å². The van der Waals surface area contributed by atoms with E-state index in [1.54, 1.807) is 30.2 Å². The maximum absolute atomic E-state index is 13.0. The number of amides is 1. The number of hydrogen-bond donors (Lipinski definition) is 0. The molecule has 0 spiro atoms. The molecule has 162 valence electrons. The second kappa shape index (κ2) is 9.03. The second-order valence-electron chi connectivity index (χ2n) is 7.09. The van der Waals surface area contributed by atoms with Gasteiger partial charge in [0.1, 0.15) is 23.1 Å². The molecule has 0 saturated carbocycles. The quantitative estimate of drug-likeness (QED) is 0.571. The maximum Gasteiger partial charge on any atom is 0.264 e. The molecule has 0 bridgehead atoms. The summed E-state index contributed by atoms with van der Waals surface area (Å²) in [7, 11) is 3.08. The van der Waals surface area contributed by atoms with Gasteiger partial charge in [-0.05, 0) is 42.8 Å². The molecule has 2 aromatic carbocycles. The molecule has 0 radical (unpaired) electrons. The van der Waals surface area contributed by atoms with Gasteiger partial charge in [0.05, 0.1) is 19.8 Å². The van der Waals surface area contributed by atoms with Gasteiger partial charge in [-0.2, -0.15) is 4.98 Å². The fourth-order valence-electron chi connectivity index (χ4n) is 3.47. The van der Waals surface area contributed by atoms with Crippen LogP contribution in [0, 0.1) is 5.82 Å². The number of hydrogen-bond acceptors (Lipinski definition) is 7. The molecule has 1 amide bonds. The molecule has 1 fully saturated rings. The largest absolute Gasteiger partial charge is 0.497 e. The van der Waals surface area contributed by atoms with Crippen LogP contribution < -0.4 is 14.2 Å². The normalized spacial score (nSPS) is 15.7. The number of likely N-dealkylation sites (tertiary alicyclic amines) is 1. The third kappa shape index (κ3) is 4.60. The minimum Gasteiger partial charge on any atom is -0.497 e. The number of halogens is 1. The van der Waals surface area contributed by atoms with Crippen LogP contribution >= 0.6 is 0 Å². The summed E-state index contributed by atoms with van der Waals surface area (Å²) in [5.41, 5.74) is 0.477. The van der Waals surface area contributed by atoms with Gasteiger partial charge in [0.15, 0.2) is 12.4 Å². The topological polar surface area (TPSA) is 86.9 Å². The first-order valence-corrected chi connectivity index (χ1v) is 9.79. The number of rotatable bonds is 7. The second-order valence-corrected chi connectivity index (χ2v) is 7.09. The highest BCUT2D eigenvalue weighted by molar-refractivity contribution is 5.97. The summed E-state index contributed by atoms with van der Waals surface area (Å²) in [5.74, 6) is 1.97. The predicted molar refractivity (Wildman–Crippen MR) is 108 cm³/mol. The first kappa shape index (κ1) is 20.6. The summed E-state index contributed by atoms with van der Waals surface area (Å²) < 4.78 is 34.3. The van der Waals surface area contributed by atoms with Gasteiger partial charge in [0, 0.05) is 25.1 Å². The first-order valence-electron chi connectivity index (χ1n) is 9.79. The van der Waals surface area contributed by atoms with Gasteiger partial charge in [-0.15, -0.1) is 0 Å². The summed E-state index contributed by atoms with van der Waals surface area (Å²) >= 11 is 0. The van der Waals surface area contributed by atoms with E-state index in [9.17, 15) is 9.18 Å². The fraction of sp³-hybridized carbons (Fsp3) is 0.318. The lowest BCUT2D eigenvalue weighted by atomic mass is 10.1. The van der Waals surface area contributed by atoms with E-state index < -0.39 is 0 Å². The number of benzene rings is 2. The molecule has 1 aliphatic heterocycles. The Balaban J connectivity index is 1.38. The van der Waals surface area contributed by atoms with Gasteiger partial charge in [-0.3, -0.25) is 4.79 Å². The smallest absolute Gasteiger partial charge is 0.264 e. The van der Waals surface area contributed by atoms with Crippen molar-refractivity contribution < 1.29 is 27.9 Å². The van der Waals surface area contributed by atoms with Gasteiger partial charge >= 0.3 is 0 Å². The highest BCUT2D eigenvalue weighted by Gasteiger charge is 2.32. The van der Waals surface area contributed by atoms with E-state index in [1.807, 2.05) is 0 Å². The minimum absolute atomic E-state index is 0.0310. The Kier molecular flexibility index (Phi) is 6.01. The molecule has 1 saturated heterocycles. The van der Waals surface area contributed by atoms with Crippen LogP contribution in [-0.4, -0.2) is 48.3 Å². The van der Waals surface area contributed by atoms with E-state index in [2.05, 4.69) is 10.1 Å². The zero-order valence-corrected chi connectivity index (χ0v) is 17.2.